The van der Waals surface area contributed by atoms with E-state index in [2.05, 4.69) is 38.0 Å². The molecule has 1 saturated heterocycles. The van der Waals surface area contributed by atoms with Crippen molar-refractivity contribution in [2.75, 3.05) is 13.2 Å². The molecule has 0 bridgehead atoms. The van der Waals surface area contributed by atoms with E-state index in [0.29, 0.717) is 6.04 Å². The smallest absolute Gasteiger partial charge is 0.0947 e. The van der Waals surface area contributed by atoms with Crippen molar-refractivity contribution in [1.29, 1.82) is 0 Å². The molecule has 1 aromatic heterocycles. The maximum Gasteiger partial charge on any atom is 0.0947 e. The maximum atomic E-state index is 6.10. The first-order valence-electron chi connectivity index (χ1n) is 7.35. The first kappa shape index (κ1) is 14.9. The molecule has 0 aliphatic carbocycles. The van der Waals surface area contributed by atoms with E-state index in [1.54, 1.807) is 0 Å². The molecule has 19 heavy (non-hydrogen) atoms. The van der Waals surface area contributed by atoms with Crippen LogP contribution >= 0.6 is 11.3 Å². The Morgan fingerprint density at radius 2 is 2.21 bits per heavy atom. The van der Waals surface area contributed by atoms with Gasteiger partial charge in [-0.2, -0.15) is 0 Å². The summed E-state index contributed by atoms with van der Waals surface area (Å²) in [6, 6.07) is 0.364. The van der Waals surface area contributed by atoms with Gasteiger partial charge in [-0.05, 0) is 46.6 Å². The lowest BCUT2D eigenvalue weighted by molar-refractivity contribution is -0.0881. The highest BCUT2D eigenvalue weighted by molar-refractivity contribution is 7.11. The van der Waals surface area contributed by atoms with Crippen LogP contribution in [0.1, 0.15) is 48.7 Å². The van der Waals surface area contributed by atoms with Gasteiger partial charge in [0, 0.05) is 23.9 Å². The standard InChI is InChI=1S/C15H26N2OS/c1-5-16-13(15(4)8-6-7-9-18-15)10-14-17-11(2)12(3)19-14/h13,16H,5-10H2,1-4H3. The first-order chi connectivity index (χ1) is 9.05. The Bertz CT molecular complexity index is 391. The molecule has 0 spiro atoms. The Morgan fingerprint density at radius 1 is 1.42 bits per heavy atom. The van der Waals surface area contributed by atoms with Crippen LogP contribution in [-0.4, -0.2) is 29.8 Å². The topological polar surface area (TPSA) is 34.2 Å². The molecule has 2 rings (SSSR count). The van der Waals surface area contributed by atoms with Crippen LogP contribution < -0.4 is 5.32 Å². The summed E-state index contributed by atoms with van der Waals surface area (Å²) in [5, 5.41) is 4.84. The van der Waals surface area contributed by atoms with E-state index in [4.69, 9.17) is 4.74 Å². The van der Waals surface area contributed by atoms with Gasteiger partial charge < -0.3 is 10.1 Å². The van der Waals surface area contributed by atoms with Gasteiger partial charge in [0.15, 0.2) is 0 Å². The fourth-order valence-electron chi connectivity index (χ4n) is 2.78. The number of rotatable bonds is 5. The summed E-state index contributed by atoms with van der Waals surface area (Å²) in [5.41, 5.74) is 1.13. The van der Waals surface area contributed by atoms with Gasteiger partial charge in [0.2, 0.25) is 0 Å². The summed E-state index contributed by atoms with van der Waals surface area (Å²) in [6.07, 6.45) is 4.59. The van der Waals surface area contributed by atoms with Crippen LogP contribution in [0.25, 0.3) is 0 Å². The molecule has 1 aliphatic heterocycles. The highest BCUT2D eigenvalue weighted by Gasteiger charge is 2.36. The second-order valence-electron chi connectivity index (χ2n) is 5.68. The lowest BCUT2D eigenvalue weighted by Crippen LogP contribution is -2.53. The highest BCUT2D eigenvalue weighted by atomic mass is 32.1. The van der Waals surface area contributed by atoms with Crippen molar-refractivity contribution in [2.24, 2.45) is 0 Å². The van der Waals surface area contributed by atoms with Crippen LogP contribution in [0, 0.1) is 13.8 Å². The molecule has 3 nitrogen and oxygen atoms in total. The lowest BCUT2D eigenvalue weighted by Gasteiger charge is -2.40. The quantitative estimate of drug-likeness (QED) is 0.900. The average Bonchev–Trinajstić information content (AvgIpc) is 2.69. The molecule has 0 radical (unpaired) electrons. The fraction of sp³-hybridized carbons (Fsp3) is 0.800. The number of hydrogen-bond acceptors (Lipinski definition) is 4. The highest BCUT2D eigenvalue weighted by Crippen LogP contribution is 2.30. The number of ether oxygens (including phenoxy) is 1. The summed E-state index contributed by atoms with van der Waals surface area (Å²) >= 11 is 1.82. The molecular formula is C15H26N2OS. The third-order valence-corrected chi connectivity index (χ3v) is 5.23. The number of nitrogens with zero attached hydrogens (tertiary/aromatic N) is 1. The molecule has 1 fully saturated rings. The molecular weight excluding hydrogens is 256 g/mol. The predicted molar refractivity (Wildman–Crippen MR) is 81.0 cm³/mol. The van der Waals surface area contributed by atoms with Gasteiger partial charge in [-0.15, -0.1) is 11.3 Å². The Kier molecular flexibility index (Phi) is 4.98. The van der Waals surface area contributed by atoms with Crippen molar-refractivity contribution in [2.45, 2.75) is 65.0 Å². The molecule has 1 N–H and O–H groups in total. The normalized spacial score (nSPS) is 25.5. The number of thiazole rings is 1. The van der Waals surface area contributed by atoms with Gasteiger partial charge >= 0.3 is 0 Å². The Morgan fingerprint density at radius 3 is 2.74 bits per heavy atom. The molecule has 0 amide bonds. The lowest BCUT2D eigenvalue weighted by atomic mass is 9.86. The van der Waals surface area contributed by atoms with Crippen molar-refractivity contribution in [3.05, 3.63) is 15.6 Å². The zero-order valence-corrected chi connectivity index (χ0v) is 13.4. The summed E-state index contributed by atoms with van der Waals surface area (Å²) in [7, 11) is 0. The molecule has 4 heteroatoms. The fourth-order valence-corrected chi connectivity index (χ4v) is 3.76. The molecule has 2 heterocycles. The maximum absolute atomic E-state index is 6.10. The molecule has 2 unspecified atom stereocenters. The molecule has 1 aromatic rings. The van der Waals surface area contributed by atoms with Crippen molar-refractivity contribution in [3.63, 3.8) is 0 Å². The van der Waals surface area contributed by atoms with E-state index in [1.165, 1.54) is 28.4 Å². The van der Waals surface area contributed by atoms with Crippen molar-refractivity contribution < 1.29 is 4.74 Å². The summed E-state index contributed by atoms with van der Waals surface area (Å²) < 4.78 is 6.10. The SMILES string of the molecule is CCNC(Cc1nc(C)c(C)s1)C1(C)CCCCO1. The Hall–Kier alpha value is -0.450. The molecule has 2 atom stereocenters. The zero-order chi connectivity index (χ0) is 13.9. The third-order valence-electron chi connectivity index (χ3n) is 4.14. The summed E-state index contributed by atoms with van der Waals surface area (Å²) in [4.78, 5) is 6.01. The van der Waals surface area contributed by atoms with Gasteiger partial charge in [-0.3, -0.25) is 0 Å². The minimum Gasteiger partial charge on any atom is -0.374 e. The van der Waals surface area contributed by atoms with Crippen LogP contribution in [-0.2, 0) is 11.2 Å². The van der Waals surface area contributed by atoms with Gasteiger partial charge in [-0.25, -0.2) is 4.98 Å². The number of hydrogen-bond donors (Lipinski definition) is 1. The van der Waals surface area contributed by atoms with Gasteiger partial charge in [0.05, 0.1) is 16.3 Å². The minimum atomic E-state index is -0.0399. The molecule has 0 aromatic carbocycles. The van der Waals surface area contributed by atoms with E-state index in [1.807, 2.05) is 11.3 Å². The average molecular weight is 282 g/mol. The van der Waals surface area contributed by atoms with Crippen LogP contribution in [0.3, 0.4) is 0 Å². The Balaban J connectivity index is 2.10. The van der Waals surface area contributed by atoms with Crippen LogP contribution in [0.15, 0.2) is 0 Å². The predicted octanol–water partition coefficient (Wildman–Crippen LogP) is 3.24. The number of nitrogens with one attached hydrogen (secondary N) is 1. The Labute approximate surface area is 120 Å². The van der Waals surface area contributed by atoms with Gasteiger partial charge in [0.25, 0.3) is 0 Å². The van der Waals surface area contributed by atoms with Crippen LogP contribution in [0.4, 0.5) is 0 Å². The van der Waals surface area contributed by atoms with E-state index >= 15 is 0 Å². The molecule has 0 saturated carbocycles. The van der Waals surface area contributed by atoms with Crippen LogP contribution in [0.5, 0.6) is 0 Å². The van der Waals surface area contributed by atoms with Crippen molar-refractivity contribution in [1.82, 2.24) is 10.3 Å². The molecule has 108 valence electrons. The van der Waals surface area contributed by atoms with E-state index in [0.717, 1.165) is 26.0 Å². The van der Waals surface area contributed by atoms with Gasteiger partial charge in [-0.1, -0.05) is 6.92 Å². The van der Waals surface area contributed by atoms with Crippen molar-refractivity contribution >= 4 is 11.3 Å². The second kappa shape index (κ2) is 6.33. The third kappa shape index (κ3) is 3.56. The summed E-state index contributed by atoms with van der Waals surface area (Å²) in [5.74, 6) is 0. The van der Waals surface area contributed by atoms with E-state index < -0.39 is 0 Å². The van der Waals surface area contributed by atoms with E-state index in [9.17, 15) is 0 Å². The summed E-state index contributed by atoms with van der Waals surface area (Å²) in [6.45, 7) is 10.5. The molecule has 1 aliphatic rings. The largest absolute Gasteiger partial charge is 0.374 e. The van der Waals surface area contributed by atoms with E-state index in [-0.39, 0.29) is 5.60 Å². The number of aryl methyl sites for hydroxylation is 2. The first-order valence-corrected chi connectivity index (χ1v) is 8.17. The zero-order valence-electron chi connectivity index (χ0n) is 12.6. The number of aromatic nitrogens is 1. The van der Waals surface area contributed by atoms with Gasteiger partial charge in [0.1, 0.15) is 0 Å². The van der Waals surface area contributed by atoms with Crippen LogP contribution in [0.2, 0.25) is 0 Å². The number of likely N-dealkylation sites (N-methyl/N-ethyl adjacent to an activating group) is 1. The minimum absolute atomic E-state index is 0.0399. The second-order valence-corrected chi connectivity index (χ2v) is 6.97. The monoisotopic (exact) mass is 282 g/mol. The van der Waals surface area contributed by atoms with Crippen molar-refractivity contribution in [3.8, 4) is 0 Å².